The SMILES string of the molecule is Cc1cccc(CSCC(=O)N2CCO[C@H](c3noc(C)n3)C2)c1. The lowest BCUT2D eigenvalue weighted by atomic mass is 10.2. The summed E-state index contributed by atoms with van der Waals surface area (Å²) < 4.78 is 10.6. The summed E-state index contributed by atoms with van der Waals surface area (Å²) in [5, 5.41) is 3.89. The topological polar surface area (TPSA) is 68.5 Å². The predicted molar refractivity (Wildman–Crippen MR) is 91.6 cm³/mol. The average Bonchev–Trinajstić information content (AvgIpc) is 3.01. The fraction of sp³-hybridized carbons (Fsp3) is 0.471. The molecule has 1 saturated heterocycles. The van der Waals surface area contributed by atoms with Crippen molar-refractivity contribution in [2.24, 2.45) is 0 Å². The molecular weight excluding hydrogens is 326 g/mol. The van der Waals surface area contributed by atoms with Crippen LogP contribution >= 0.6 is 11.8 Å². The smallest absolute Gasteiger partial charge is 0.232 e. The van der Waals surface area contributed by atoms with Gasteiger partial charge in [0.1, 0.15) is 6.10 Å². The zero-order valence-corrected chi connectivity index (χ0v) is 14.7. The van der Waals surface area contributed by atoms with Gasteiger partial charge in [0.2, 0.25) is 17.6 Å². The van der Waals surface area contributed by atoms with Gasteiger partial charge in [0, 0.05) is 19.2 Å². The Kier molecular flexibility index (Phi) is 5.52. The summed E-state index contributed by atoms with van der Waals surface area (Å²) in [6.45, 7) is 5.39. The van der Waals surface area contributed by atoms with Crippen LogP contribution in [-0.2, 0) is 15.3 Å². The highest BCUT2D eigenvalue weighted by Gasteiger charge is 2.28. The molecular formula is C17H21N3O3S. The number of morpholine rings is 1. The Morgan fingerprint density at radius 3 is 3.04 bits per heavy atom. The highest BCUT2D eigenvalue weighted by atomic mass is 32.2. The number of rotatable bonds is 5. The molecule has 0 N–H and O–H groups in total. The first-order valence-corrected chi connectivity index (χ1v) is 9.10. The number of benzene rings is 1. The van der Waals surface area contributed by atoms with Gasteiger partial charge < -0.3 is 14.2 Å². The second kappa shape index (κ2) is 7.81. The third-order valence-corrected chi connectivity index (χ3v) is 4.82. The lowest BCUT2D eigenvalue weighted by molar-refractivity contribution is -0.136. The number of nitrogens with zero attached hydrogens (tertiary/aromatic N) is 3. The van der Waals surface area contributed by atoms with E-state index in [0.717, 1.165) is 5.75 Å². The molecule has 1 fully saturated rings. The molecule has 1 aliphatic rings. The molecule has 7 heteroatoms. The summed E-state index contributed by atoms with van der Waals surface area (Å²) in [5.41, 5.74) is 2.49. The van der Waals surface area contributed by atoms with Gasteiger partial charge in [0.25, 0.3) is 0 Å². The maximum absolute atomic E-state index is 12.4. The molecule has 128 valence electrons. The highest BCUT2D eigenvalue weighted by Crippen LogP contribution is 2.21. The fourth-order valence-corrected chi connectivity index (χ4v) is 3.50. The molecule has 0 radical (unpaired) electrons. The van der Waals surface area contributed by atoms with Crippen molar-refractivity contribution in [1.82, 2.24) is 15.0 Å². The van der Waals surface area contributed by atoms with E-state index >= 15 is 0 Å². The largest absolute Gasteiger partial charge is 0.366 e. The van der Waals surface area contributed by atoms with E-state index in [9.17, 15) is 4.79 Å². The molecule has 6 nitrogen and oxygen atoms in total. The molecule has 0 spiro atoms. The summed E-state index contributed by atoms with van der Waals surface area (Å²) >= 11 is 1.64. The third-order valence-electron chi connectivity index (χ3n) is 3.83. The molecule has 0 bridgehead atoms. The van der Waals surface area contributed by atoms with Crippen LogP contribution in [0.2, 0.25) is 0 Å². The quantitative estimate of drug-likeness (QED) is 0.828. The summed E-state index contributed by atoms with van der Waals surface area (Å²) in [5.74, 6) is 2.45. The molecule has 2 heterocycles. The van der Waals surface area contributed by atoms with E-state index in [1.807, 2.05) is 11.0 Å². The first-order valence-electron chi connectivity index (χ1n) is 7.94. The van der Waals surface area contributed by atoms with E-state index < -0.39 is 0 Å². The van der Waals surface area contributed by atoms with Gasteiger partial charge in [-0.05, 0) is 12.5 Å². The van der Waals surface area contributed by atoms with Gasteiger partial charge in [-0.1, -0.05) is 35.0 Å². The number of carbonyl (C=O) groups excluding carboxylic acids is 1. The Labute approximate surface area is 145 Å². The number of aryl methyl sites for hydroxylation is 2. The number of amides is 1. The molecule has 1 aromatic heterocycles. The Hall–Kier alpha value is -1.86. The second-order valence-corrected chi connectivity index (χ2v) is 6.84. The molecule has 24 heavy (non-hydrogen) atoms. The van der Waals surface area contributed by atoms with Crippen molar-refractivity contribution in [3.8, 4) is 0 Å². The standard InChI is InChI=1S/C17H21N3O3S/c1-12-4-3-5-14(8-12)10-24-11-16(21)20-6-7-22-15(9-20)17-18-13(2)23-19-17/h3-5,8,15H,6-7,9-11H2,1-2H3/t15-/m0/s1. The van der Waals surface area contributed by atoms with Gasteiger partial charge in [-0.3, -0.25) is 4.79 Å². The Bertz CT molecular complexity index is 704. The number of aromatic nitrogens is 2. The van der Waals surface area contributed by atoms with Gasteiger partial charge in [-0.2, -0.15) is 4.98 Å². The van der Waals surface area contributed by atoms with E-state index in [2.05, 4.69) is 35.3 Å². The molecule has 0 aliphatic carbocycles. The number of ether oxygens (including phenoxy) is 1. The lowest BCUT2D eigenvalue weighted by Crippen LogP contribution is -2.43. The van der Waals surface area contributed by atoms with Crippen molar-refractivity contribution in [3.63, 3.8) is 0 Å². The third kappa shape index (κ3) is 4.36. The van der Waals surface area contributed by atoms with Crippen LogP contribution in [0.3, 0.4) is 0 Å². The van der Waals surface area contributed by atoms with Crippen LogP contribution in [0, 0.1) is 13.8 Å². The van der Waals surface area contributed by atoms with Gasteiger partial charge >= 0.3 is 0 Å². The van der Waals surface area contributed by atoms with Crippen LogP contribution in [0.25, 0.3) is 0 Å². The van der Waals surface area contributed by atoms with E-state index in [1.165, 1.54) is 11.1 Å². The van der Waals surface area contributed by atoms with Crippen molar-refractivity contribution in [2.45, 2.75) is 25.7 Å². The summed E-state index contributed by atoms with van der Waals surface area (Å²) in [6, 6.07) is 8.37. The van der Waals surface area contributed by atoms with Crippen molar-refractivity contribution in [2.75, 3.05) is 25.4 Å². The summed E-state index contributed by atoms with van der Waals surface area (Å²) in [7, 11) is 0. The minimum atomic E-state index is -0.304. The van der Waals surface area contributed by atoms with Gasteiger partial charge in [-0.25, -0.2) is 0 Å². The molecule has 1 amide bonds. The molecule has 0 unspecified atom stereocenters. The van der Waals surface area contributed by atoms with Crippen LogP contribution < -0.4 is 0 Å². The first-order chi connectivity index (χ1) is 11.6. The van der Waals surface area contributed by atoms with E-state index in [4.69, 9.17) is 9.26 Å². The molecule has 0 saturated carbocycles. The maximum Gasteiger partial charge on any atom is 0.232 e. The minimum Gasteiger partial charge on any atom is -0.366 e. The van der Waals surface area contributed by atoms with Gasteiger partial charge in [-0.15, -0.1) is 11.8 Å². The van der Waals surface area contributed by atoms with Crippen molar-refractivity contribution in [1.29, 1.82) is 0 Å². The number of carbonyl (C=O) groups is 1. The van der Waals surface area contributed by atoms with E-state index in [-0.39, 0.29) is 12.0 Å². The van der Waals surface area contributed by atoms with Crippen molar-refractivity contribution < 1.29 is 14.1 Å². The van der Waals surface area contributed by atoms with E-state index in [1.54, 1.807) is 18.7 Å². The molecule has 3 rings (SSSR count). The zero-order valence-electron chi connectivity index (χ0n) is 13.9. The molecule has 2 aromatic rings. The average molecular weight is 347 g/mol. The Balaban J connectivity index is 1.49. The predicted octanol–water partition coefficient (Wildman–Crippen LogP) is 2.52. The summed E-state index contributed by atoms with van der Waals surface area (Å²) in [4.78, 5) is 18.4. The molecule has 1 atom stereocenters. The van der Waals surface area contributed by atoms with Crippen molar-refractivity contribution in [3.05, 3.63) is 47.1 Å². The van der Waals surface area contributed by atoms with Gasteiger partial charge in [0.05, 0.1) is 18.9 Å². The number of hydrogen-bond donors (Lipinski definition) is 0. The number of hydrogen-bond acceptors (Lipinski definition) is 6. The number of thioether (sulfide) groups is 1. The van der Waals surface area contributed by atoms with Crippen LogP contribution in [0.5, 0.6) is 0 Å². The van der Waals surface area contributed by atoms with Crippen LogP contribution in [0.15, 0.2) is 28.8 Å². The first kappa shape index (κ1) is 17.0. The van der Waals surface area contributed by atoms with Gasteiger partial charge in [0.15, 0.2) is 0 Å². The summed E-state index contributed by atoms with van der Waals surface area (Å²) in [6.07, 6.45) is -0.304. The zero-order chi connectivity index (χ0) is 16.9. The van der Waals surface area contributed by atoms with Crippen LogP contribution in [0.1, 0.15) is 28.9 Å². The van der Waals surface area contributed by atoms with Crippen LogP contribution in [0.4, 0.5) is 0 Å². The molecule has 1 aliphatic heterocycles. The fourth-order valence-electron chi connectivity index (χ4n) is 2.63. The highest BCUT2D eigenvalue weighted by molar-refractivity contribution is 7.99. The Morgan fingerprint density at radius 1 is 1.42 bits per heavy atom. The second-order valence-electron chi connectivity index (χ2n) is 5.85. The maximum atomic E-state index is 12.4. The Morgan fingerprint density at radius 2 is 2.29 bits per heavy atom. The normalized spacial score (nSPS) is 17.9. The van der Waals surface area contributed by atoms with Crippen LogP contribution in [-0.4, -0.2) is 46.4 Å². The minimum absolute atomic E-state index is 0.126. The monoisotopic (exact) mass is 347 g/mol. The van der Waals surface area contributed by atoms with Crippen molar-refractivity contribution >= 4 is 17.7 Å². The molecule has 1 aromatic carbocycles. The lowest BCUT2D eigenvalue weighted by Gasteiger charge is -2.31. The van der Waals surface area contributed by atoms with E-state index in [0.29, 0.717) is 37.2 Å².